The lowest BCUT2D eigenvalue weighted by Crippen LogP contribution is -2.27. The Bertz CT molecular complexity index is 1340. The molecular formula is C26H21FN2O6S. The number of nitro groups is 1. The van der Waals surface area contributed by atoms with Crippen molar-refractivity contribution >= 4 is 34.7 Å². The molecule has 0 radical (unpaired) electrons. The highest BCUT2D eigenvalue weighted by Gasteiger charge is 2.35. The maximum atomic E-state index is 13.2. The fourth-order valence-corrected chi connectivity index (χ4v) is 4.37. The summed E-state index contributed by atoms with van der Waals surface area (Å²) in [4.78, 5) is 37.4. The fourth-order valence-electron chi connectivity index (χ4n) is 3.53. The molecule has 2 amide bonds. The van der Waals surface area contributed by atoms with Crippen molar-refractivity contribution in [1.29, 1.82) is 0 Å². The molecule has 0 saturated carbocycles. The normalized spacial score (nSPS) is 14.4. The smallest absolute Gasteiger partial charge is 0.293 e. The molecule has 0 atom stereocenters. The molecule has 184 valence electrons. The first-order valence-corrected chi connectivity index (χ1v) is 11.8. The maximum absolute atomic E-state index is 13.2. The number of carbonyl (C=O) groups is 2. The Morgan fingerprint density at radius 3 is 2.50 bits per heavy atom. The van der Waals surface area contributed by atoms with Crippen molar-refractivity contribution in [1.82, 2.24) is 4.90 Å². The quantitative estimate of drug-likeness (QED) is 0.200. The molecule has 1 saturated heterocycles. The van der Waals surface area contributed by atoms with Gasteiger partial charge in [0.05, 0.1) is 28.5 Å². The summed E-state index contributed by atoms with van der Waals surface area (Å²) in [6, 6.07) is 16.9. The molecule has 0 N–H and O–H groups in total. The summed E-state index contributed by atoms with van der Waals surface area (Å²) in [5, 5.41) is 10.8. The van der Waals surface area contributed by atoms with Gasteiger partial charge < -0.3 is 9.47 Å². The molecule has 36 heavy (non-hydrogen) atoms. The van der Waals surface area contributed by atoms with E-state index in [9.17, 15) is 24.1 Å². The van der Waals surface area contributed by atoms with Crippen LogP contribution in [0.4, 0.5) is 14.9 Å². The van der Waals surface area contributed by atoms with E-state index in [0.29, 0.717) is 34.8 Å². The van der Waals surface area contributed by atoms with Crippen molar-refractivity contribution < 1.29 is 28.4 Å². The number of amides is 2. The highest BCUT2D eigenvalue weighted by Crippen LogP contribution is 2.36. The zero-order valence-electron chi connectivity index (χ0n) is 19.2. The van der Waals surface area contributed by atoms with Gasteiger partial charge in [0, 0.05) is 6.07 Å². The first-order chi connectivity index (χ1) is 17.4. The average molecular weight is 509 g/mol. The highest BCUT2D eigenvalue weighted by atomic mass is 32.2. The summed E-state index contributed by atoms with van der Waals surface area (Å²) in [6.07, 6.45) is 1.59. The van der Waals surface area contributed by atoms with Crippen LogP contribution in [0.1, 0.15) is 23.6 Å². The van der Waals surface area contributed by atoms with Gasteiger partial charge in [0.15, 0.2) is 11.5 Å². The predicted molar refractivity (Wildman–Crippen MR) is 133 cm³/mol. The first kappa shape index (κ1) is 24.9. The summed E-state index contributed by atoms with van der Waals surface area (Å²) in [6.45, 7) is 2.17. The van der Waals surface area contributed by atoms with E-state index in [0.717, 1.165) is 16.7 Å². The van der Waals surface area contributed by atoms with E-state index in [-0.39, 0.29) is 23.7 Å². The van der Waals surface area contributed by atoms with Gasteiger partial charge >= 0.3 is 0 Å². The summed E-state index contributed by atoms with van der Waals surface area (Å²) >= 11 is 0.823. The maximum Gasteiger partial charge on any atom is 0.293 e. The zero-order chi connectivity index (χ0) is 25.7. The van der Waals surface area contributed by atoms with E-state index in [1.165, 1.54) is 30.3 Å². The Labute approximate surface area is 210 Å². The van der Waals surface area contributed by atoms with Gasteiger partial charge in [0.1, 0.15) is 12.4 Å². The van der Waals surface area contributed by atoms with Crippen molar-refractivity contribution in [3.05, 3.63) is 104 Å². The van der Waals surface area contributed by atoms with Gasteiger partial charge in [0.2, 0.25) is 0 Å². The van der Waals surface area contributed by atoms with Gasteiger partial charge in [-0.25, -0.2) is 4.39 Å². The highest BCUT2D eigenvalue weighted by molar-refractivity contribution is 8.18. The van der Waals surface area contributed by atoms with Crippen molar-refractivity contribution in [2.24, 2.45) is 0 Å². The molecule has 0 unspecified atom stereocenters. The molecule has 1 aliphatic rings. The Morgan fingerprint density at radius 2 is 1.78 bits per heavy atom. The molecule has 3 aromatic carbocycles. The molecule has 1 heterocycles. The second-order valence-electron chi connectivity index (χ2n) is 7.71. The Balaban J connectivity index is 1.51. The summed E-state index contributed by atoms with van der Waals surface area (Å²) in [7, 11) is 0. The number of rotatable bonds is 9. The number of nitro benzene ring substituents is 1. The lowest BCUT2D eigenvalue weighted by Gasteiger charge is -2.13. The Morgan fingerprint density at radius 1 is 1.03 bits per heavy atom. The van der Waals surface area contributed by atoms with Crippen LogP contribution in [-0.4, -0.2) is 27.6 Å². The van der Waals surface area contributed by atoms with Crippen molar-refractivity contribution in [3.63, 3.8) is 0 Å². The molecule has 3 aromatic rings. The summed E-state index contributed by atoms with van der Waals surface area (Å²) < 4.78 is 24.6. The van der Waals surface area contributed by atoms with Crippen LogP contribution in [0.5, 0.6) is 11.5 Å². The second-order valence-corrected chi connectivity index (χ2v) is 8.70. The van der Waals surface area contributed by atoms with Gasteiger partial charge in [-0.05, 0) is 66.2 Å². The molecule has 10 heteroatoms. The van der Waals surface area contributed by atoms with Crippen LogP contribution < -0.4 is 9.47 Å². The largest absolute Gasteiger partial charge is 0.490 e. The number of carbonyl (C=O) groups excluding carboxylic acids is 2. The van der Waals surface area contributed by atoms with Crippen LogP contribution in [0.15, 0.2) is 71.6 Å². The average Bonchev–Trinajstić information content (AvgIpc) is 3.12. The van der Waals surface area contributed by atoms with Crippen LogP contribution in [-0.2, 0) is 17.9 Å². The minimum atomic E-state index is -0.464. The Kier molecular flexibility index (Phi) is 7.65. The minimum absolute atomic E-state index is 0.0289. The number of nitrogens with zero attached hydrogens (tertiary/aromatic N) is 2. The van der Waals surface area contributed by atoms with Crippen molar-refractivity contribution in [3.8, 4) is 11.5 Å². The van der Waals surface area contributed by atoms with E-state index >= 15 is 0 Å². The first-order valence-electron chi connectivity index (χ1n) is 11.0. The number of benzene rings is 3. The second kappa shape index (κ2) is 11.0. The number of hydrogen-bond acceptors (Lipinski definition) is 7. The fraction of sp³-hybridized carbons (Fsp3) is 0.154. The van der Waals surface area contributed by atoms with Crippen LogP contribution in [0, 0.1) is 15.9 Å². The van der Waals surface area contributed by atoms with Crippen LogP contribution >= 0.6 is 11.8 Å². The number of thioether (sulfide) groups is 1. The molecule has 0 bridgehead atoms. The summed E-state index contributed by atoms with van der Waals surface area (Å²) in [5.41, 5.74) is 1.63. The van der Waals surface area contributed by atoms with Crippen LogP contribution in [0.2, 0.25) is 0 Å². The standard InChI is InChI=1S/C26H21FN2O6S/c1-2-34-23-13-18(9-12-22(23)35-16-19-5-3-4-6-21(19)29(32)33)14-24-25(30)28(26(31)36-24)15-17-7-10-20(27)11-8-17/h3-14H,2,15-16H2,1H3/b24-14-. The molecule has 1 fully saturated rings. The number of hydrogen-bond donors (Lipinski definition) is 0. The summed E-state index contributed by atoms with van der Waals surface area (Å²) in [5.74, 6) is -0.0526. The predicted octanol–water partition coefficient (Wildman–Crippen LogP) is 5.95. The topological polar surface area (TPSA) is 99.0 Å². The Hall–Kier alpha value is -4.18. The number of para-hydroxylation sites is 1. The minimum Gasteiger partial charge on any atom is -0.490 e. The van der Waals surface area contributed by atoms with E-state index in [4.69, 9.17) is 9.47 Å². The molecule has 0 aliphatic carbocycles. The number of ether oxygens (including phenoxy) is 2. The molecule has 1 aliphatic heterocycles. The lowest BCUT2D eigenvalue weighted by molar-refractivity contribution is -0.385. The van der Waals surface area contributed by atoms with E-state index in [1.807, 2.05) is 0 Å². The van der Waals surface area contributed by atoms with Crippen LogP contribution in [0.3, 0.4) is 0 Å². The lowest BCUT2D eigenvalue weighted by atomic mass is 10.1. The van der Waals surface area contributed by atoms with Gasteiger partial charge in [-0.3, -0.25) is 24.6 Å². The third-order valence-electron chi connectivity index (χ3n) is 5.26. The third kappa shape index (κ3) is 5.72. The SMILES string of the molecule is CCOc1cc(/C=C2\SC(=O)N(Cc3ccc(F)cc3)C2=O)ccc1OCc1ccccc1[N+](=O)[O-]. The number of halogens is 1. The molecule has 0 spiro atoms. The molecule has 0 aromatic heterocycles. The van der Waals surface area contributed by atoms with E-state index in [1.54, 1.807) is 49.4 Å². The van der Waals surface area contributed by atoms with E-state index in [2.05, 4.69) is 0 Å². The molecule has 8 nitrogen and oxygen atoms in total. The molecular weight excluding hydrogens is 487 g/mol. The monoisotopic (exact) mass is 508 g/mol. The van der Waals surface area contributed by atoms with Crippen LogP contribution in [0.25, 0.3) is 6.08 Å². The third-order valence-corrected chi connectivity index (χ3v) is 6.17. The van der Waals surface area contributed by atoms with E-state index < -0.39 is 21.9 Å². The zero-order valence-corrected chi connectivity index (χ0v) is 20.0. The van der Waals surface area contributed by atoms with Gasteiger partial charge in [-0.1, -0.05) is 30.3 Å². The van der Waals surface area contributed by atoms with Crippen molar-refractivity contribution in [2.75, 3.05) is 6.61 Å². The van der Waals surface area contributed by atoms with Crippen molar-refractivity contribution in [2.45, 2.75) is 20.1 Å². The molecule has 4 rings (SSSR count). The van der Waals surface area contributed by atoms with Gasteiger partial charge in [0.25, 0.3) is 16.8 Å². The van der Waals surface area contributed by atoms with Gasteiger partial charge in [-0.15, -0.1) is 0 Å². The number of imide groups is 1. The van der Waals surface area contributed by atoms with Gasteiger partial charge in [-0.2, -0.15) is 0 Å².